The zero-order valence-electron chi connectivity index (χ0n) is 8.05. The highest BCUT2D eigenvalue weighted by atomic mass is 19.1. The summed E-state index contributed by atoms with van der Waals surface area (Å²) in [6, 6.07) is 6.62. The molecule has 13 heavy (non-hydrogen) atoms. The largest absolute Gasteiger partial charge is 0.373 e. The molecule has 0 bridgehead atoms. The third-order valence-electron chi connectivity index (χ3n) is 1.95. The number of benzene rings is 1. The van der Waals surface area contributed by atoms with Crippen LogP contribution in [0.1, 0.15) is 0 Å². The van der Waals surface area contributed by atoms with Gasteiger partial charge in [0.25, 0.3) is 0 Å². The number of nitrogens with zero attached hydrogens (tertiary/aromatic N) is 1. The average Bonchev–Trinajstić information content (AvgIpc) is 2.14. The summed E-state index contributed by atoms with van der Waals surface area (Å²) in [6.07, 6.45) is 0. The Morgan fingerprint density at radius 2 is 2.23 bits per heavy atom. The van der Waals surface area contributed by atoms with E-state index in [4.69, 9.17) is 0 Å². The number of hydrogen-bond donors (Lipinski definition) is 1. The first-order chi connectivity index (χ1) is 6.24. The van der Waals surface area contributed by atoms with Gasteiger partial charge in [-0.25, -0.2) is 4.39 Å². The van der Waals surface area contributed by atoms with Crippen LogP contribution >= 0.6 is 0 Å². The molecule has 0 atom stereocenters. The van der Waals surface area contributed by atoms with Crippen LogP contribution in [0.15, 0.2) is 24.3 Å². The quantitative estimate of drug-likeness (QED) is 0.758. The first-order valence-corrected chi connectivity index (χ1v) is 4.35. The van der Waals surface area contributed by atoms with E-state index in [9.17, 15) is 4.39 Å². The topological polar surface area (TPSA) is 15.3 Å². The molecule has 1 N–H and O–H groups in total. The van der Waals surface area contributed by atoms with Gasteiger partial charge in [-0.15, -0.1) is 0 Å². The van der Waals surface area contributed by atoms with Crippen molar-refractivity contribution >= 4 is 5.69 Å². The molecule has 72 valence electrons. The SMILES string of the molecule is CNCCN(C)c1cccc(F)c1. The molecule has 1 aromatic carbocycles. The van der Waals surface area contributed by atoms with E-state index in [1.54, 1.807) is 6.07 Å². The van der Waals surface area contributed by atoms with Crippen molar-refractivity contribution in [3.8, 4) is 0 Å². The van der Waals surface area contributed by atoms with E-state index in [2.05, 4.69) is 5.32 Å². The minimum Gasteiger partial charge on any atom is -0.373 e. The van der Waals surface area contributed by atoms with E-state index in [1.807, 2.05) is 25.1 Å². The van der Waals surface area contributed by atoms with Crippen molar-refractivity contribution in [3.05, 3.63) is 30.1 Å². The molecule has 3 heteroatoms. The van der Waals surface area contributed by atoms with Crippen molar-refractivity contribution in [2.45, 2.75) is 0 Å². The van der Waals surface area contributed by atoms with Gasteiger partial charge in [0, 0.05) is 25.8 Å². The van der Waals surface area contributed by atoms with Crippen LogP contribution in [0.2, 0.25) is 0 Å². The number of halogens is 1. The second kappa shape index (κ2) is 4.82. The molecule has 0 spiro atoms. The number of hydrogen-bond acceptors (Lipinski definition) is 2. The van der Waals surface area contributed by atoms with Crippen LogP contribution in [0.5, 0.6) is 0 Å². The Labute approximate surface area is 78.4 Å². The highest BCUT2D eigenvalue weighted by Crippen LogP contribution is 2.12. The van der Waals surface area contributed by atoms with E-state index in [0.717, 1.165) is 18.8 Å². The predicted molar refractivity (Wildman–Crippen MR) is 53.6 cm³/mol. The molecule has 0 aliphatic carbocycles. The molecule has 2 nitrogen and oxygen atoms in total. The summed E-state index contributed by atoms with van der Waals surface area (Å²) in [7, 11) is 3.85. The maximum absolute atomic E-state index is 12.8. The van der Waals surface area contributed by atoms with Gasteiger partial charge in [-0.1, -0.05) is 6.07 Å². The van der Waals surface area contributed by atoms with Gasteiger partial charge in [-0.2, -0.15) is 0 Å². The van der Waals surface area contributed by atoms with E-state index >= 15 is 0 Å². The zero-order valence-corrected chi connectivity index (χ0v) is 8.05. The third kappa shape index (κ3) is 3.03. The van der Waals surface area contributed by atoms with Gasteiger partial charge in [-0.3, -0.25) is 0 Å². The van der Waals surface area contributed by atoms with Gasteiger partial charge < -0.3 is 10.2 Å². The van der Waals surface area contributed by atoms with E-state index < -0.39 is 0 Å². The number of anilines is 1. The highest BCUT2D eigenvalue weighted by molar-refractivity contribution is 5.45. The van der Waals surface area contributed by atoms with Crippen LogP contribution in [0.3, 0.4) is 0 Å². The summed E-state index contributed by atoms with van der Waals surface area (Å²) in [5.41, 5.74) is 0.912. The first kappa shape index (κ1) is 9.99. The minimum atomic E-state index is -0.186. The number of rotatable bonds is 4. The minimum absolute atomic E-state index is 0.186. The monoisotopic (exact) mass is 182 g/mol. The lowest BCUT2D eigenvalue weighted by atomic mass is 10.3. The van der Waals surface area contributed by atoms with Crippen molar-refractivity contribution in [3.63, 3.8) is 0 Å². The van der Waals surface area contributed by atoms with E-state index in [1.165, 1.54) is 12.1 Å². The Balaban J connectivity index is 2.60. The normalized spacial score (nSPS) is 10.1. The fourth-order valence-electron chi connectivity index (χ4n) is 1.12. The molecule has 0 saturated carbocycles. The van der Waals surface area contributed by atoms with Crippen LogP contribution < -0.4 is 10.2 Å². The molecule has 0 amide bonds. The van der Waals surface area contributed by atoms with Gasteiger partial charge >= 0.3 is 0 Å². The van der Waals surface area contributed by atoms with Crippen molar-refractivity contribution < 1.29 is 4.39 Å². The van der Waals surface area contributed by atoms with Gasteiger partial charge in [-0.05, 0) is 25.2 Å². The van der Waals surface area contributed by atoms with Crippen LogP contribution in [0.25, 0.3) is 0 Å². The smallest absolute Gasteiger partial charge is 0.125 e. The molecule has 0 radical (unpaired) electrons. The van der Waals surface area contributed by atoms with Crippen LogP contribution in [-0.4, -0.2) is 27.2 Å². The van der Waals surface area contributed by atoms with Crippen LogP contribution in [0.4, 0.5) is 10.1 Å². The average molecular weight is 182 g/mol. The summed E-state index contributed by atoms with van der Waals surface area (Å²) >= 11 is 0. The van der Waals surface area contributed by atoms with Gasteiger partial charge in [0.1, 0.15) is 5.82 Å². The molecule has 0 fully saturated rings. The van der Waals surface area contributed by atoms with Crippen LogP contribution in [-0.2, 0) is 0 Å². The Kier molecular flexibility index (Phi) is 3.71. The molecule has 0 heterocycles. The second-order valence-electron chi connectivity index (χ2n) is 3.00. The lowest BCUT2D eigenvalue weighted by Crippen LogP contribution is -2.26. The van der Waals surface area contributed by atoms with Gasteiger partial charge in [0.15, 0.2) is 0 Å². The first-order valence-electron chi connectivity index (χ1n) is 4.35. The standard InChI is InChI=1S/C10H15FN2/c1-12-6-7-13(2)10-5-3-4-9(11)8-10/h3-5,8,12H,6-7H2,1-2H3. The maximum Gasteiger partial charge on any atom is 0.125 e. The Bertz CT molecular complexity index is 263. The van der Waals surface area contributed by atoms with Crippen molar-refractivity contribution in [1.82, 2.24) is 5.32 Å². The molecule has 0 saturated heterocycles. The van der Waals surface area contributed by atoms with Crippen molar-refractivity contribution in [2.24, 2.45) is 0 Å². The lowest BCUT2D eigenvalue weighted by molar-refractivity contribution is 0.627. The molecule has 0 aliphatic rings. The summed E-state index contributed by atoms with van der Waals surface area (Å²) in [4.78, 5) is 2.01. The Hall–Kier alpha value is -1.09. The van der Waals surface area contributed by atoms with E-state index in [-0.39, 0.29) is 5.82 Å². The van der Waals surface area contributed by atoms with Crippen molar-refractivity contribution in [2.75, 3.05) is 32.1 Å². The summed E-state index contributed by atoms with van der Waals surface area (Å²) in [5.74, 6) is -0.186. The second-order valence-corrected chi connectivity index (χ2v) is 3.00. The highest BCUT2D eigenvalue weighted by Gasteiger charge is 1.99. The van der Waals surface area contributed by atoms with E-state index in [0.29, 0.717) is 0 Å². The van der Waals surface area contributed by atoms with Gasteiger partial charge in [0.2, 0.25) is 0 Å². The number of nitrogens with one attached hydrogen (secondary N) is 1. The van der Waals surface area contributed by atoms with Crippen molar-refractivity contribution in [1.29, 1.82) is 0 Å². The lowest BCUT2D eigenvalue weighted by Gasteiger charge is -2.18. The fraction of sp³-hybridized carbons (Fsp3) is 0.400. The molecule has 1 rings (SSSR count). The number of likely N-dealkylation sites (N-methyl/N-ethyl adjacent to an activating group) is 2. The van der Waals surface area contributed by atoms with Gasteiger partial charge in [0.05, 0.1) is 0 Å². The molecular weight excluding hydrogens is 167 g/mol. The fourth-order valence-corrected chi connectivity index (χ4v) is 1.12. The molecule has 0 aliphatic heterocycles. The molecular formula is C10H15FN2. The molecule has 1 aromatic rings. The molecule has 0 unspecified atom stereocenters. The summed E-state index contributed by atoms with van der Waals surface area (Å²) in [5, 5.41) is 3.05. The Morgan fingerprint density at radius 1 is 1.46 bits per heavy atom. The molecule has 0 aromatic heterocycles. The summed E-state index contributed by atoms with van der Waals surface area (Å²) in [6.45, 7) is 1.77. The predicted octanol–water partition coefficient (Wildman–Crippen LogP) is 1.48. The van der Waals surface area contributed by atoms with Crippen LogP contribution in [0, 0.1) is 5.82 Å². The summed E-state index contributed by atoms with van der Waals surface area (Å²) < 4.78 is 12.8. The third-order valence-corrected chi connectivity index (χ3v) is 1.95. The Morgan fingerprint density at radius 3 is 2.85 bits per heavy atom. The zero-order chi connectivity index (χ0) is 9.68. The maximum atomic E-state index is 12.8.